The summed E-state index contributed by atoms with van der Waals surface area (Å²) >= 11 is 0. The molecule has 2 rings (SSSR count). The number of hydrogen-bond acceptors (Lipinski definition) is 4. The van der Waals surface area contributed by atoms with E-state index in [9.17, 15) is 9.59 Å². The van der Waals surface area contributed by atoms with Crippen LogP contribution in [0.4, 0.5) is 5.69 Å². The number of para-hydroxylation sites is 1. The molecule has 0 aliphatic carbocycles. The van der Waals surface area contributed by atoms with Crippen LogP contribution < -0.4 is 16.4 Å². The molecule has 1 aromatic rings. The van der Waals surface area contributed by atoms with Crippen molar-refractivity contribution in [2.75, 3.05) is 18.0 Å². The molecule has 0 bridgehead atoms. The van der Waals surface area contributed by atoms with Crippen LogP contribution in [0.1, 0.15) is 19.3 Å². The van der Waals surface area contributed by atoms with Crippen molar-refractivity contribution in [3.8, 4) is 0 Å². The Bertz CT molecular complexity index is 498. The summed E-state index contributed by atoms with van der Waals surface area (Å²) in [7, 11) is 0. The Morgan fingerprint density at radius 2 is 1.91 bits per heavy atom. The van der Waals surface area contributed by atoms with E-state index in [1.807, 2.05) is 30.3 Å². The van der Waals surface area contributed by atoms with Crippen molar-refractivity contribution in [3.05, 3.63) is 30.3 Å². The molecule has 0 radical (unpaired) electrons. The fourth-order valence-corrected chi connectivity index (χ4v) is 2.43. The zero-order valence-electron chi connectivity index (χ0n) is 12.3. The number of hydrogen-bond donors (Lipinski definition) is 2. The number of carbonyl (C=O) groups excluding carboxylic acids is 2. The van der Waals surface area contributed by atoms with Gasteiger partial charge in [-0.25, -0.2) is 0 Å². The predicted molar refractivity (Wildman–Crippen MR) is 86.8 cm³/mol. The summed E-state index contributed by atoms with van der Waals surface area (Å²) in [5, 5.41) is 0. The summed E-state index contributed by atoms with van der Waals surface area (Å²) in [4.78, 5) is 25.2. The lowest BCUT2D eigenvalue weighted by atomic mass is 10.1. The molecule has 2 amide bonds. The van der Waals surface area contributed by atoms with E-state index in [1.54, 1.807) is 4.90 Å². The van der Waals surface area contributed by atoms with Gasteiger partial charge in [-0.15, -0.1) is 12.4 Å². The smallest absolute Gasteiger partial charge is 0.256 e. The number of ether oxygens (including phenoxy) is 1. The second-order valence-electron chi connectivity index (χ2n) is 5.10. The van der Waals surface area contributed by atoms with Crippen molar-refractivity contribution < 1.29 is 14.3 Å². The number of amides is 2. The van der Waals surface area contributed by atoms with Gasteiger partial charge in [-0.1, -0.05) is 18.2 Å². The molecule has 7 heteroatoms. The van der Waals surface area contributed by atoms with E-state index in [1.165, 1.54) is 0 Å². The lowest BCUT2D eigenvalue weighted by molar-refractivity contribution is -0.129. The standard InChI is InChI=1S/C15H21N3O3.ClH/c16-10-12-6-7-13(21-12)15(20)18(9-8-14(17)19)11-4-2-1-3-5-11;/h1-5,12-13H,6-10,16H2,(H2,17,19);1H/t12-,13+;/m1./s1. The lowest BCUT2D eigenvalue weighted by Crippen LogP contribution is -2.41. The number of nitrogens with zero attached hydrogens (tertiary/aromatic N) is 1. The van der Waals surface area contributed by atoms with Crippen LogP contribution in [0.2, 0.25) is 0 Å². The van der Waals surface area contributed by atoms with E-state index in [0.717, 1.165) is 12.1 Å². The summed E-state index contributed by atoms with van der Waals surface area (Å²) < 4.78 is 5.65. The number of carbonyl (C=O) groups is 2. The lowest BCUT2D eigenvalue weighted by Gasteiger charge is -2.25. The molecule has 122 valence electrons. The highest BCUT2D eigenvalue weighted by Gasteiger charge is 2.33. The monoisotopic (exact) mass is 327 g/mol. The summed E-state index contributed by atoms with van der Waals surface area (Å²) in [5.74, 6) is -0.575. The normalized spacial score (nSPS) is 20.2. The van der Waals surface area contributed by atoms with Gasteiger partial charge in [0.1, 0.15) is 6.10 Å². The zero-order chi connectivity index (χ0) is 15.2. The van der Waals surface area contributed by atoms with Gasteiger partial charge in [0.2, 0.25) is 5.91 Å². The van der Waals surface area contributed by atoms with Crippen molar-refractivity contribution in [1.29, 1.82) is 0 Å². The number of anilines is 1. The van der Waals surface area contributed by atoms with E-state index >= 15 is 0 Å². The van der Waals surface area contributed by atoms with Crippen molar-refractivity contribution in [3.63, 3.8) is 0 Å². The minimum absolute atomic E-state index is 0. The van der Waals surface area contributed by atoms with Crippen molar-refractivity contribution >= 4 is 29.9 Å². The maximum atomic E-state index is 12.6. The molecule has 1 aromatic carbocycles. The third-order valence-electron chi connectivity index (χ3n) is 3.56. The Balaban J connectivity index is 0.00000242. The fourth-order valence-electron chi connectivity index (χ4n) is 2.43. The topological polar surface area (TPSA) is 98.7 Å². The van der Waals surface area contributed by atoms with Gasteiger partial charge in [-0.3, -0.25) is 9.59 Å². The van der Waals surface area contributed by atoms with Crippen LogP contribution in [0, 0.1) is 0 Å². The summed E-state index contributed by atoms with van der Waals surface area (Å²) in [6, 6.07) is 9.22. The molecule has 4 N–H and O–H groups in total. The van der Waals surface area contributed by atoms with Crippen molar-refractivity contribution in [2.45, 2.75) is 31.5 Å². The van der Waals surface area contributed by atoms with E-state index in [0.29, 0.717) is 13.0 Å². The molecule has 1 aliphatic heterocycles. The SMILES string of the molecule is Cl.NC[C@H]1CC[C@@H](C(=O)N(CCC(N)=O)c2ccccc2)O1. The Hall–Kier alpha value is -1.63. The Labute approximate surface area is 136 Å². The van der Waals surface area contributed by atoms with Gasteiger partial charge in [-0.05, 0) is 25.0 Å². The third kappa shape index (κ3) is 4.69. The summed E-state index contributed by atoms with van der Waals surface area (Å²) in [6.45, 7) is 0.668. The van der Waals surface area contributed by atoms with Gasteiger partial charge in [0, 0.05) is 25.2 Å². The Morgan fingerprint density at radius 3 is 2.45 bits per heavy atom. The highest BCUT2D eigenvalue weighted by atomic mass is 35.5. The molecule has 6 nitrogen and oxygen atoms in total. The zero-order valence-corrected chi connectivity index (χ0v) is 13.1. The molecular formula is C15H22ClN3O3. The molecule has 0 saturated carbocycles. The van der Waals surface area contributed by atoms with Crippen LogP contribution >= 0.6 is 12.4 Å². The van der Waals surface area contributed by atoms with Crippen LogP contribution in [-0.4, -0.2) is 37.1 Å². The molecule has 2 atom stereocenters. The van der Waals surface area contributed by atoms with Crippen LogP contribution in [0.25, 0.3) is 0 Å². The molecule has 0 unspecified atom stereocenters. The first kappa shape index (κ1) is 18.4. The molecular weight excluding hydrogens is 306 g/mol. The maximum Gasteiger partial charge on any atom is 0.256 e. The number of halogens is 1. The van der Waals surface area contributed by atoms with Crippen molar-refractivity contribution in [1.82, 2.24) is 0 Å². The third-order valence-corrected chi connectivity index (χ3v) is 3.56. The van der Waals surface area contributed by atoms with Gasteiger partial charge in [0.25, 0.3) is 5.91 Å². The molecule has 22 heavy (non-hydrogen) atoms. The number of nitrogens with two attached hydrogens (primary N) is 2. The fraction of sp³-hybridized carbons (Fsp3) is 0.467. The van der Waals surface area contributed by atoms with Gasteiger partial charge < -0.3 is 21.1 Å². The average Bonchev–Trinajstić information content (AvgIpc) is 2.97. The van der Waals surface area contributed by atoms with E-state index in [4.69, 9.17) is 16.2 Å². The number of benzene rings is 1. The average molecular weight is 328 g/mol. The molecule has 0 aromatic heterocycles. The predicted octanol–water partition coefficient (Wildman–Crippen LogP) is 0.823. The molecule has 0 spiro atoms. The Kier molecular flexibility index (Phi) is 7.31. The minimum Gasteiger partial charge on any atom is -0.370 e. The summed E-state index contributed by atoms with van der Waals surface area (Å²) in [6.07, 6.45) is 0.999. The van der Waals surface area contributed by atoms with Gasteiger partial charge in [0.15, 0.2) is 0 Å². The van der Waals surface area contributed by atoms with E-state index in [-0.39, 0.29) is 37.4 Å². The van der Waals surface area contributed by atoms with Crippen molar-refractivity contribution in [2.24, 2.45) is 11.5 Å². The van der Waals surface area contributed by atoms with Crippen LogP contribution in [0.5, 0.6) is 0 Å². The second kappa shape index (κ2) is 8.73. The largest absolute Gasteiger partial charge is 0.370 e. The minimum atomic E-state index is -0.494. The van der Waals surface area contributed by atoms with Gasteiger partial charge in [-0.2, -0.15) is 0 Å². The summed E-state index contributed by atoms with van der Waals surface area (Å²) in [5.41, 5.74) is 11.5. The Morgan fingerprint density at radius 1 is 1.23 bits per heavy atom. The molecule has 1 aliphatic rings. The highest BCUT2D eigenvalue weighted by molar-refractivity contribution is 5.97. The first-order chi connectivity index (χ1) is 10.1. The number of rotatable bonds is 6. The van der Waals surface area contributed by atoms with Gasteiger partial charge in [0.05, 0.1) is 6.10 Å². The highest BCUT2D eigenvalue weighted by Crippen LogP contribution is 2.23. The first-order valence-corrected chi connectivity index (χ1v) is 7.12. The van der Waals surface area contributed by atoms with E-state index in [2.05, 4.69) is 0 Å². The molecule has 1 fully saturated rings. The quantitative estimate of drug-likeness (QED) is 0.808. The van der Waals surface area contributed by atoms with Crippen LogP contribution in [0.3, 0.4) is 0 Å². The molecule has 1 heterocycles. The maximum absolute atomic E-state index is 12.6. The second-order valence-corrected chi connectivity index (χ2v) is 5.10. The van der Waals surface area contributed by atoms with Crippen LogP contribution in [0.15, 0.2) is 30.3 Å². The van der Waals surface area contributed by atoms with E-state index < -0.39 is 12.0 Å². The van der Waals surface area contributed by atoms with Crippen LogP contribution in [-0.2, 0) is 14.3 Å². The molecule has 1 saturated heterocycles. The van der Waals surface area contributed by atoms with Gasteiger partial charge >= 0.3 is 0 Å². The first-order valence-electron chi connectivity index (χ1n) is 7.12. The number of primary amides is 1.